The first-order valence-corrected chi connectivity index (χ1v) is 6.28. The first-order valence-electron chi connectivity index (χ1n) is 5.90. The summed E-state index contributed by atoms with van der Waals surface area (Å²) >= 11 is 6.18. The smallest absolute Gasteiger partial charge is 0.231 e. The third-order valence-corrected chi connectivity index (χ3v) is 3.30. The Morgan fingerprint density at radius 2 is 1.89 bits per heavy atom. The van der Waals surface area contributed by atoms with Gasteiger partial charge in [0.1, 0.15) is 0 Å². The molecule has 0 spiro atoms. The fourth-order valence-electron chi connectivity index (χ4n) is 1.94. The van der Waals surface area contributed by atoms with E-state index in [9.17, 15) is 0 Å². The van der Waals surface area contributed by atoms with Gasteiger partial charge in [-0.15, -0.1) is 0 Å². The lowest BCUT2D eigenvalue weighted by molar-refractivity contribution is 0.174. The highest BCUT2D eigenvalue weighted by atomic mass is 35.5. The van der Waals surface area contributed by atoms with Crippen LogP contribution in [0.5, 0.6) is 11.5 Å². The quantitative estimate of drug-likeness (QED) is 0.845. The van der Waals surface area contributed by atoms with Gasteiger partial charge in [0, 0.05) is 24.4 Å². The van der Waals surface area contributed by atoms with Crippen LogP contribution in [-0.2, 0) is 6.54 Å². The number of hydrogen-bond acceptors (Lipinski definition) is 4. The van der Waals surface area contributed by atoms with E-state index in [-0.39, 0.29) is 6.79 Å². The number of ether oxygens (including phenoxy) is 2. The molecule has 0 radical (unpaired) electrons. The molecule has 2 aromatic carbocycles. The normalized spacial score (nSPS) is 12.5. The van der Waals surface area contributed by atoms with Crippen LogP contribution in [0, 0.1) is 0 Å². The molecule has 5 heteroatoms. The Hall–Kier alpha value is -2.07. The SMILES string of the molecule is Nc1ccccc1CNc1cc2c(cc1Cl)OCO2. The predicted octanol–water partition coefficient (Wildman–Crippen LogP) is 3.26. The second-order valence-electron chi connectivity index (χ2n) is 4.24. The minimum atomic E-state index is 0.237. The molecule has 0 aliphatic carbocycles. The summed E-state index contributed by atoms with van der Waals surface area (Å²) in [5.41, 5.74) is 8.48. The standard InChI is InChI=1S/C14H13ClN2O2/c15-10-5-13-14(19-8-18-13)6-12(10)17-7-9-3-1-2-4-11(9)16/h1-6,17H,7-8,16H2. The van der Waals surface area contributed by atoms with Crippen LogP contribution in [-0.4, -0.2) is 6.79 Å². The van der Waals surface area contributed by atoms with Gasteiger partial charge in [0.05, 0.1) is 10.7 Å². The van der Waals surface area contributed by atoms with Crippen molar-refractivity contribution in [3.05, 3.63) is 47.0 Å². The van der Waals surface area contributed by atoms with Crippen molar-refractivity contribution in [1.29, 1.82) is 0 Å². The van der Waals surface area contributed by atoms with Gasteiger partial charge in [0.25, 0.3) is 0 Å². The van der Waals surface area contributed by atoms with Crippen LogP contribution in [0.3, 0.4) is 0 Å². The van der Waals surface area contributed by atoms with E-state index < -0.39 is 0 Å². The molecule has 3 N–H and O–H groups in total. The van der Waals surface area contributed by atoms with Crippen molar-refractivity contribution >= 4 is 23.0 Å². The zero-order chi connectivity index (χ0) is 13.2. The number of fused-ring (bicyclic) bond motifs is 1. The number of nitrogens with one attached hydrogen (secondary N) is 1. The summed E-state index contributed by atoms with van der Waals surface area (Å²) in [7, 11) is 0. The average Bonchev–Trinajstić information content (AvgIpc) is 2.84. The van der Waals surface area contributed by atoms with E-state index in [0.29, 0.717) is 23.1 Å². The van der Waals surface area contributed by atoms with E-state index in [1.54, 1.807) is 6.07 Å². The van der Waals surface area contributed by atoms with E-state index in [2.05, 4.69) is 5.32 Å². The molecule has 1 aliphatic rings. The molecular formula is C14H13ClN2O2. The summed E-state index contributed by atoms with van der Waals surface area (Å²) in [6, 6.07) is 11.3. The maximum absolute atomic E-state index is 6.18. The van der Waals surface area contributed by atoms with Crippen LogP contribution < -0.4 is 20.5 Å². The number of hydrogen-bond donors (Lipinski definition) is 2. The first kappa shape index (κ1) is 12.0. The van der Waals surface area contributed by atoms with Gasteiger partial charge >= 0.3 is 0 Å². The minimum absolute atomic E-state index is 0.237. The van der Waals surface area contributed by atoms with Crippen molar-refractivity contribution < 1.29 is 9.47 Å². The van der Waals surface area contributed by atoms with Gasteiger partial charge in [0.15, 0.2) is 11.5 Å². The van der Waals surface area contributed by atoms with Crippen molar-refractivity contribution in [3.8, 4) is 11.5 Å². The summed E-state index contributed by atoms with van der Waals surface area (Å²) < 4.78 is 10.6. The van der Waals surface area contributed by atoms with Gasteiger partial charge in [-0.25, -0.2) is 0 Å². The monoisotopic (exact) mass is 276 g/mol. The van der Waals surface area contributed by atoms with Gasteiger partial charge in [-0.1, -0.05) is 29.8 Å². The molecule has 0 unspecified atom stereocenters. The molecule has 1 heterocycles. The van der Waals surface area contributed by atoms with Gasteiger partial charge < -0.3 is 20.5 Å². The average molecular weight is 277 g/mol. The molecule has 2 aromatic rings. The molecule has 1 aliphatic heterocycles. The number of halogens is 1. The molecule has 0 fully saturated rings. The minimum Gasteiger partial charge on any atom is -0.454 e. The number of nitrogens with two attached hydrogens (primary N) is 1. The fourth-order valence-corrected chi connectivity index (χ4v) is 2.16. The summed E-state index contributed by atoms with van der Waals surface area (Å²) in [5, 5.41) is 3.85. The third kappa shape index (κ3) is 2.39. The second-order valence-corrected chi connectivity index (χ2v) is 4.64. The Morgan fingerprint density at radius 3 is 2.68 bits per heavy atom. The Morgan fingerprint density at radius 1 is 1.16 bits per heavy atom. The van der Waals surface area contributed by atoms with Crippen LogP contribution in [0.15, 0.2) is 36.4 Å². The summed E-state index contributed by atoms with van der Waals surface area (Å²) in [6.45, 7) is 0.840. The number of nitrogen functional groups attached to an aromatic ring is 1. The first-order chi connectivity index (χ1) is 9.24. The van der Waals surface area contributed by atoms with E-state index >= 15 is 0 Å². The summed E-state index contributed by atoms with van der Waals surface area (Å²) in [5.74, 6) is 1.38. The molecule has 19 heavy (non-hydrogen) atoms. The van der Waals surface area contributed by atoms with Crippen molar-refractivity contribution in [3.63, 3.8) is 0 Å². The Kier molecular flexibility index (Phi) is 3.09. The molecular weight excluding hydrogens is 264 g/mol. The van der Waals surface area contributed by atoms with Crippen LogP contribution in [0.4, 0.5) is 11.4 Å². The number of benzene rings is 2. The zero-order valence-corrected chi connectivity index (χ0v) is 10.9. The van der Waals surface area contributed by atoms with Crippen molar-refractivity contribution in [2.45, 2.75) is 6.54 Å². The maximum atomic E-state index is 6.18. The van der Waals surface area contributed by atoms with Crippen LogP contribution in [0.2, 0.25) is 5.02 Å². The molecule has 98 valence electrons. The molecule has 0 aromatic heterocycles. The lowest BCUT2D eigenvalue weighted by Gasteiger charge is -2.11. The zero-order valence-electron chi connectivity index (χ0n) is 10.2. The van der Waals surface area contributed by atoms with Gasteiger partial charge in [0.2, 0.25) is 6.79 Å². The lowest BCUT2D eigenvalue weighted by Crippen LogP contribution is -2.03. The molecule has 0 bridgehead atoms. The Labute approximate surface area is 116 Å². The number of anilines is 2. The van der Waals surface area contributed by atoms with Crippen LogP contribution in [0.1, 0.15) is 5.56 Å². The topological polar surface area (TPSA) is 56.5 Å². The molecule has 3 rings (SSSR count). The van der Waals surface area contributed by atoms with E-state index in [0.717, 1.165) is 16.9 Å². The highest BCUT2D eigenvalue weighted by Gasteiger charge is 2.16. The Bertz CT molecular complexity index is 616. The highest BCUT2D eigenvalue weighted by Crippen LogP contribution is 2.39. The van der Waals surface area contributed by atoms with Crippen LogP contribution >= 0.6 is 11.6 Å². The van der Waals surface area contributed by atoms with Gasteiger partial charge in [-0.2, -0.15) is 0 Å². The third-order valence-electron chi connectivity index (χ3n) is 2.99. The van der Waals surface area contributed by atoms with Crippen molar-refractivity contribution in [2.75, 3.05) is 17.8 Å². The molecule has 4 nitrogen and oxygen atoms in total. The summed E-state index contributed by atoms with van der Waals surface area (Å²) in [6.07, 6.45) is 0. The fraction of sp³-hybridized carbons (Fsp3) is 0.143. The lowest BCUT2D eigenvalue weighted by atomic mass is 10.2. The summed E-state index contributed by atoms with van der Waals surface area (Å²) in [4.78, 5) is 0. The van der Waals surface area contributed by atoms with Gasteiger partial charge in [-0.05, 0) is 11.6 Å². The van der Waals surface area contributed by atoms with E-state index in [1.807, 2.05) is 30.3 Å². The number of rotatable bonds is 3. The molecule has 0 saturated carbocycles. The Balaban J connectivity index is 1.79. The van der Waals surface area contributed by atoms with E-state index in [4.69, 9.17) is 26.8 Å². The van der Waals surface area contributed by atoms with Crippen molar-refractivity contribution in [1.82, 2.24) is 0 Å². The molecule has 0 saturated heterocycles. The van der Waals surface area contributed by atoms with Crippen LogP contribution in [0.25, 0.3) is 0 Å². The predicted molar refractivity (Wildman–Crippen MR) is 75.8 cm³/mol. The number of para-hydroxylation sites is 1. The highest BCUT2D eigenvalue weighted by molar-refractivity contribution is 6.33. The molecule has 0 atom stereocenters. The second kappa shape index (κ2) is 4.90. The maximum Gasteiger partial charge on any atom is 0.231 e. The van der Waals surface area contributed by atoms with E-state index in [1.165, 1.54) is 0 Å². The van der Waals surface area contributed by atoms with Gasteiger partial charge in [-0.3, -0.25) is 0 Å². The molecule has 0 amide bonds. The van der Waals surface area contributed by atoms with Crippen molar-refractivity contribution in [2.24, 2.45) is 0 Å². The largest absolute Gasteiger partial charge is 0.454 e.